The lowest BCUT2D eigenvalue weighted by Crippen LogP contribution is -2.13. The SMILES string of the molecule is Cc1cc(C)cc(NC(=O)C(C#N)=Cc2cccc(I)c2)c1. The molecule has 1 amide bonds. The quantitative estimate of drug-likeness (QED) is 0.469. The van der Waals surface area contributed by atoms with E-state index in [0.717, 1.165) is 20.3 Å². The van der Waals surface area contributed by atoms with E-state index in [4.69, 9.17) is 0 Å². The fourth-order valence-electron chi connectivity index (χ4n) is 2.16. The molecule has 0 aliphatic rings. The van der Waals surface area contributed by atoms with Crippen molar-refractivity contribution in [2.24, 2.45) is 0 Å². The third-order valence-corrected chi connectivity index (χ3v) is 3.68. The molecular formula is C18H15IN2O. The van der Waals surface area contributed by atoms with E-state index in [1.165, 1.54) is 0 Å². The van der Waals surface area contributed by atoms with Crippen molar-refractivity contribution in [3.05, 3.63) is 68.3 Å². The molecular weight excluding hydrogens is 387 g/mol. The number of halogens is 1. The van der Waals surface area contributed by atoms with Gasteiger partial charge in [0.15, 0.2) is 0 Å². The van der Waals surface area contributed by atoms with Crippen LogP contribution in [0.3, 0.4) is 0 Å². The van der Waals surface area contributed by atoms with Crippen LogP contribution >= 0.6 is 22.6 Å². The number of benzene rings is 2. The van der Waals surface area contributed by atoms with Crippen LogP contribution in [0.1, 0.15) is 16.7 Å². The summed E-state index contributed by atoms with van der Waals surface area (Å²) in [4.78, 5) is 12.3. The van der Waals surface area contributed by atoms with Crippen LogP contribution in [-0.4, -0.2) is 5.91 Å². The van der Waals surface area contributed by atoms with Crippen molar-refractivity contribution in [2.75, 3.05) is 5.32 Å². The number of nitriles is 1. The molecule has 0 saturated heterocycles. The molecule has 0 fully saturated rings. The number of hydrogen-bond acceptors (Lipinski definition) is 2. The van der Waals surface area contributed by atoms with Gasteiger partial charge in [0.05, 0.1) is 0 Å². The van der Waals surface area contributed by atoms with Gasteiger partial charge in [-0.3, -0.25) is 4.79 Å². The van der Waals surface area contributed by atoms with Crippen LogP contribution in [0.2, 0.25) is 0 Å². The van der Waals surface area contributed by atoms with Crippen molar-refractivity contribution in [3.63, 3.8) is 0 Å². The van der Waals surface area contributed by atoms with Crippen molar-refractivity contribution in [2.45, 2.75) is 13.8 Å². The number of amides is 1. The van der Waals surface area contributed by atoms with Crippen molar-refractivity contribution in [3.8, 4) is 6.07 Å². The first-order chi connectivity index (χ1) is 10.5. The highest BCUT2D eigenvalue weighted by Crippen LogP contribution is 2.16. The zero-order valence-electron chi connectivity index (χ0n) is 12.4. The Morgan fingerprint density at radius 1 is 1.18 bits per heavy atom. The second kappa shape index (κ2) is 7.23. The summed E-state index contributed by atoms with van der Waals surface area (Å²) in [5.74, 6) is -0.397. The van der Waals surface area contributed by atoms with Crippen LogP contribution < -0.4 is 5.32 Å². The van der Waals surface area contributed by atoms with Gasteiger partial charge < -0.3 is 5.32 Å². The van der Waals surface area contributed by atoms with Gasteiger partial charge in [-0.15, -0.1) is 0 Å². The van der Waals surface area contributed by atoms with Crippen molar-refractivity contribution in [1.82, 2.24) is 0 Å². The standard InChI is InChI=1S/C18H15IN2O/c1-12-6-13(2)8-17(7-12)21-18(22)15(11-20)9-14-4-3-5-16(19)10-14/h3-10H,1-2H3,(H,21,22). The van der Waals surface area contributed by atoms with E-state index in [2.05, 4.69) is 27.9 Å². The van der Waals surface area contributed by atoms with E-state index in [0.29, 0.717) is 5.69 Å². The Kier molecular flexibility index (Phi) is 5.34. The summed E-state index contributed by atoms with van der Waals surface area (Å²) in [7, 11) is 0. The minimum atomic E-state index is -0.397. The second-order valence-electron chi connectivity index (χ2n) is 5.06. The lowest BCUT2D eigenvalue weighted by Gasteiger charge is -2.07. The number of nitrogens with zero attached hydrogens (tertiary/aromatic N) is 1. The number of aryl methyl sites for hydroxylation is 2. The number of carbonyl (C=O) groups excluding carboxylic acids is 1. The summed E-state index contributed by atoms with van der Waals surface area (Å²) < 4.78 is 1.05. The predicted molar refractivity (Wildman–Crippen MR) is 97.3 cm³/mol. The van der Waals surface area contributed by atoms with E-state index >= 15 is 0 Å². The van der Waals surface area contributed by atoms with Gasteiger partial charge in [-0.2, -0.15) is 5.26 Å². The highest BCUT2D eigenvalue weighted by atomic mass is 127. The minimum Gasteiger partial charge on any atom is -0.321 e. The molecule has 0 aliphatic carbocycles. The summed E-state index contributed by atoms with van der Waals surface area (Å²) in [6.45, 7) is 3.94. The fraction of sp³-hybridized carbons (Fsp3) is 0.111. The average Bonchev–Trinajstić information content (AvgIpc) is 2.43. The lowest BCUT2D eigenvalue weighted by atomic mass is 10.1. The van der Waals surface area contributed by atoms with Crippen LogP contribution in [0.15, 0.2) is 48.0 Å². The van der Waals surface area contributed by atoms with Gasteiger partial charge in [0, 0.05) is 9.26 Å². The predicted octanol–water partition coefficient (Wildman–Crippen LogP) is 4.45. The minimum absolute atomic E-state index is 0.0844. The highest BCUT2D eigenvalue weighted by Gasteiger charge is 2.10. The topological polar surface area (TPSA) is 52.9 Å². The van der Waals surface area contributed by atoms with E-state index in [-0.39, 0.29) is 5.57 Å². The van der Waals surface area contributed by atoms with Gasteiger partial charge in [-0.05, 0) is 83.5 Å². The molecule has 0 unspecified atom stereocenters. The lowest BCUT2D eigenvalue weighted by molar-refractivity contribution is -0.112. The largest absolute Gasteiger partial charge is 0.321 e. The fourth-order valence-corrected chi connectivity index (χ4v) is 2.72. The molecule has 0 radical (unpaired) electrons. The Bertz CT molecular complexity index is 768. The molecule has 0 bridgehead atoms. The summed E-state index contributed by atoms with van der Waals surface area (Å²) in [5, 5.41) is 12.0. The number of rotatable bonds is 3. The third kappa shape index (κ3) is 4.43. The molecule has 0 heterocycles. The first-order valence-electron chi connectivity index (χ1n) is 6.75. The molecule has 1 N–H and O–H groups in total. The maximum Gasteiger partial charge on any atom is 0.266 e. The summed E-state index contributed by atoms with van der Waals surface area (Å²) >= 11 is 2.19. The normalized spacial score (nSPS) is 10.9. The molecule has 2 aromatic rings. The Hall–Kier alpha value is -2.13. The molecule has 2 aromatic carbocycles. The molecule has 0 aliphatic heterocycles. The summed E-state index contributed by atoms with van der Waals surface area (Å²) in [6, 6.07) is 15.4. The molecule has 22 heavy (non-hydrogen) atoms. The van der Waals surface area contributed by atoms with Crippen LogP contribution in [0.25, 0.3) is 6.08 Å². The van der Waals surface area contributed by atoms with Gasteiger partial charge in [0.2, 0.25) is 0 Å². The maximum atomic E-state index is 12.3. The van der Waals surface area contributed by atoms with Crippen molar-refractivity contribution >= 4 is 40.3 Å². The smallest absolute Gasteiger partial charge is 0.266 e. The Morgan fingerprint density at radius 2 is 1.86 bits per heavy atom. The van der Waals surface area contributed by atoms with Crippen molar-refractivity contribution in [1.29, 1.82) is 5.26 Å². The number of nitrogens with one attached hydrogen (secondary N) is 1. The Labute approximate surface area is 143 Å². The second-order valence-corrected chi connectivity index (χ2v) is 6.30. The zero-order valence-corrected chi connectivity index (χ0v) is 14.5. The molecule has 0 aromatic heterocycles. The molecule has 2 rings (SSSR count). The van der Waals surface area contributed by atoms with E-state index in [9.17, 15) is 10.1 Å². The van der Waals surface area contributed by atoms with Gasteiger partial charge >= 0.3 is 0 Å². The number of hydrogen-bond donors (Lipinski definition) is 1. The molecule has 3 nitrogen and oxygen atoms in total. The third-order valence-electron chi connectivity index (χ3n) is 3.00. The van der Waals surface area contributed by atoms with Gasteiger partial charge in [0.1, 0.15) is 11.6 Å². The zero-order chi connectivity index (χ0) is 16.1. The van der Waals surface area contributed by atoms with Crippen molar-refractivity contribution < 1.29 is 4.79 Å². The Balaban J connectivity index is 2.24. The molecule has 0 spiro atoms. The highest BCUT2D eigenvalue weighted by molar-refractivity contribution is 14.1. The molecule has 110 valence electrons. The summed E-state index contributed by atoms with van der Waals surface area (Å²) in [5.41, 5.74) is 3.75. The maximum absolute atomic E-state index is 12.3. The van der Waals surface area contributed by atoms with E-state index in [1.54, 1.807) is 6.08 Å². The van der Waals surface area contributed by atoms with Crippen LogP contribution in [0.5, 0.6) is 0 Å². The number of anilines is 1. The van der Waals surface area contributed by atoms with Gasteiger partial charge in [0.25, 0.3) is 5.91 Å². The van der Waals surface area contributed by atoms with Gasteiger partial charge in [-0.25, -0.2) is 0 Å². The first-order valence-corrected chi connectivity index (χ1v) is 7.83. The average molecular weight is 402 g/mol. The summed E-state index contributed by atoms with van der Waals surface area (Å²) in [6.07, 6.45) is 1.60. The Morgan fingerprint density at radius 3 is 2.45 bits per heavy atom. The van der Waals surface area contributed by atoms with Gasteiger partial charge in [-0.1, -0.05) is 18.2 Å². The monoisotopic (exact) mass is 402 g/mol. The van der Waals surface area contributed by atoms with Crippen LogP contribution in [0, 0.1) is 28.7 Å². The molecule has 4 heteroatoms. The van der Waals surface area contributed by atoms with Crippen LogP contribution in [0.4, 0.5) is 5.69 Å². The molecule has 0 saturated carbocycles. The first kappa shape index (κ1) is 16.2. The number of carbonyl (C=O) groups is 1. The van der Waals surface area contributed by atoms with Crippen LogP contribution in [-0.2, 0) is 4.79 Å². The molecule has 0 atom stereocenters. The van der Waals surface area contributed by atoms with E-state index < -0.39 is 5.91 Å². The van der Waals surface area contributed by atoms with E-state index in [1.807, 2.05) is 62.4 Å².